The lowest BCUT2D eigenvalue weighted by molar-refractivity contribution is -0.0647. The molecule has 73 heavy (non-hydrogen) atoms. The number of carbonyl (C=O) groups is 1. The Morgan fingerprint density at radius 3 is 2.32 bits per heavy atom. The van der Waals surface area contributed by atoms with Crippen LogP contribution in [-0.4, -0.2) is 123 Å². The smallest absolute Gasteiger partial charge is 0.414 e. The molecule has 0 saturated carbocycles. The first-order valence-corrected chi connectivity index (χ1v) is 31.5. The van der Waals surface area contributed by atoms with E-state index in [0.717, 1.165) is 18.9 Å². The lowest BCUT2D eigenvalue weighted by atomic mass is 10.1. The Morgan fingerprint density at radius 2 is 1.64 bits per heavy atom. The minimum absolute atomic E-state index is 0.00278. The van der Waals surface area contributed by atoms with Gasteiger partial charge in [0.1, 0.15) is 42.2 Å². The number of carbonyl (C=O) groups excluding carboxylic acids is 1. The molecule has 3 aliphatic rings. The van der Waals surface area contributed by atoms with E-state index in [1.807, 2.05) is 61.5 Å². The molecule has 10 atom stereocenters. The van der Waals surface area contributed by atoms with Crippen molar-refractivity contribution in [1.82, 2.24) is 34.1 Å². The van der Waals surface area contributed by atoms with E-state index in [9.17, 15) is 29.1 Å². The second-order valence-electron chi connectivity index (χ2n) is 18.9. The summed E-state index contributed by atoms with van der Waals surface area (Å²) in [5.41, 5.74) is -2.08. The van der Waals surface area contributed by atoms with Crippen LogP contribution in [-0.2, 0) is 57.0 Å². The number of phosphoric acid groups is 1. The number of nitriles is 1. The molecule has 3 unspecified atom stereocenters. The van der Waals surface area contributed by atoms with Crippen LogP contribution in [0.15, 0.2) is 60.3 Å². The highest BCUT2D eigenvalue weighted by atomic mass is 32.5. The number of anilines is 1. The number of nitrogens with one attached hydrogen (secondary N) is 2. The highest BCUT2D eigenvalue weighted by Crippen LogP contribution is 2.58. The number of hydrogen-bond acceptors (Lipinski definition) is 19. The minimum atomic E-state index is -5.37. The number of H-pyrrole nitrogens is 1. The largest absolute Gasteiger partial charge is 0.472 e. The molecule has 23 nitrogen and oxygen atoms in total. The Morgan fingerprint density at radius 1 is 0.959 bits per heavy atom. The number of alkyl halides is 1. The number of nitrogens with zero attached hydrogens (tertiary/aromatic N) is 7. The molecule has 0 spiro atoms. The summed E-state index contributed by atoms with van der Waals surface area (Å²) in [6.45, 7) is 8.69. The number of amides is 1. The number of imidazole rings is 1. The first kappa shape index (κ1) is 55.1. The Kier molecular flexibility index (Phi) is 16.5. The summed E-state index contributed by atoms with van der Waals surface area (Å²) in [5, 5.41) is 11.8. The van der Waals surface area contributed by atoms with Crippen molar-refractivity contribution < 1.29 is 68.5 Å². The SMILES string of the molecule is CC(C)[Si](O)(O[Si](O[C@H]1[C@H]2OP(=S)(OCCC#N)OC[C@H]3OC(n4cnc5c(NC(=O)c6ccccc6)ncnc54)[C@H](F)[C@@H]3OP(=O)(O)OC[C@H]1O[C@H]2n1cc(F)c2c(=O)[nH]cnc21)(C(C)C)C(C)C)C(C)C. The maximum absolute atomic E-state index is 17.1. The summed E-state index contributed by atoms with van der Waals surface area (Å²) in [4.78, 5) is 69.3. The van der Waals surface area contributed by atoms with Crippen molar-refractivity contribution in [3.8, 4) is 6.07 Å². The number of aromatic amines is 1. The van der Waals surface area contributed by atoms with Gasteiger partial charge in [-0.1, -0.05) is 73.6 Å². The van der Waals surface area contributed by atoms with E-state index >= 15 is 8.78 Å². The first-order chi connectivity index (χ1) is 34.5. The Labute approximate surface area is 425 Å². The van der Waals surface area contributed by atoms with Crippen molar-refractivity contribution in [2.24, 2.45) is 0 Å². The van der Waals surface area contributed by atoms with Gasteiger partial charge in [-0.15, -0.1) is 0 Å². The van der Waals surface area contributed by atoms with E-state index in [-0.39, 0.29) is 46.7 Å². The molecule has 30 heteroatoms. The van der Waals surface area contributed by atoms with Gasteiger partial charge in [-0.25, -0.2) is 33.3 Å². The van der Waals surface area contributed by atoms with E-state index < -0.39 is 128 Å². The van der Waals surface area contributed by atoms with E-state index in [0.29, 0.717) is 5.56 Å². The number of aromatic nitrogens is 7. The lowest BCUT2D eigenvalue weighted by Gasteiger charge is -2.47. The molecular weight excluding hydrogens is 1050 g/mol. The zero-order chi connectivity index (χ0) is 52.8. The lowest BCUT2D eigenvalue weighted by Crippen LogP contribution is -2.62. The molecule has 4 N–H and O–H groups in total. The molecule has 4 aromatic heterocycles. The van der Waals surface area contributed by atoms with E-state index in [4.69, 9.17) is 52.4 Å². The van der Waals surface area contributed by atoms with Gasteiger partial charge in [0.25, 0.3) is 11.5 Å². The van der Waals surface area contributed by atoms with Crippen molar-refractivity contribution in [2.45, 2.75) is 133 Å². The van der Waals surface area contributed by atoms with Crippen molar-refractivity contribution in [3.05, 3.63) is 77.2 Å². The van der Waals surface area contributed by atoms with Crippen molar-refractivity contribution in [3.63, 3.8) is 0 Å². The Bertz CT molecular complexity index is 2990. The number of halogens is 2. The minimum Gasteiger partial charge on any atom is -0.414 e. The van der Waals surface area contributed by atoms with Gasteiger partial charge in [0, 0.05) is 11.8 Å². The van der Waals surface area contributed by atoms with Crippen LogP contribution in [0.3, 0.4) is 0 Å². The molecule has 396 valence electrons. The van der Waals surface area contributed by atoms with Crippen LogP contribution in [0.1, 0.15) is 84.6 Å². The molecule has 3 aliphatic heterocycles. The fourth-order valence-electron chi connectivity index (χ4n) is 9.18. The molecule has 3 fully saturated rings. The van der Waals surface area contributed by atoms with E-state index in [2.05, 4.69) is 30.2 Å². The van der Waals surface area contributed by atoms with Crippen LogP contribution in [0, 0.1) is 17.1 Å². The van der Waals surface area contributed by atoms with Crippen LogP contribution in [0.2, 0.25) is 22.2 Å². The van der Waals surface area contributed by atoms with E-state index in [1.165, 1.54) is 15.5 Å². The molecule has 7 heterocycles. The predicted molar refractivity (Wildman–Crippen MR) is 265 cm³/mol. The third kappa shape index (κ3) is 11.0. The average molecular weight is 1110 g/mol. The number of fused-ring (bicyclic) bond motifs is 5. The molecule has 0 radical (unpaired) electrons. The summed E-state index contributed by atoms with van der Waals surface area (Å²) in [5.74, 6) is -1.50. The molecule has 5 aromatic rings. The number of phosphoric ester groups is 1. The zero-order valence-corrected chi connectivity index (χ0v) is 45.5. The fourth-order valence-corrected chi connectivity index (χ4v) is 22.1. The van der Waals surface area contributed by atoms with Gasteiger partial charge in [0.15, 0.2) is 47.1 Å². The van der Waals surface area contributed by atoms with Crippen molar-refractivity contribution in [2.75, 3.05) is 25.1 Å². The zero-order valence-electron chi connectivity index (χ0n) is 40.9. The van der Waals surface area contributed by atoms with Gasteiger partial charge in [-0.2, -0.15) is 5.26 Å². The van der Waals surface area contributed by atoms with E-state index in [1.54, 1.807) is 30.3 Å². The summed E-state index contributed by atoms with van der Waals surface area (Å²) in [6, 6.07) is 10.3. The Hall–Kier alpha value is -4.12. The number of benzene rings is 1. The van der Waals surface area contributed by atoms with Crippen LogP contribution in [0.5, 0.6) is 0 Å². The van der Waals surface area contributed by atoms with Crippen molar-refractivity contribution in [1.29, 1.82) is 5.26 Å². The monoisotopic (exact) mass is 1110 g/mol. The second kappa shape index (κ2) is 21.9. The summed E-state index contributed by atoms with van der Waals surface area (Å²) >= 11 is 6.09. The fraction of sp³-hybridized carbons (Fsp3) is 0.558. The molecule has 2 bridgehead atoms. The maximum atomic E-state index is 17.1. The topological polar surface area (TPSA) is 288 Å². The van der Waals surface area contributed by atoms with Crippen LogP contribution in [0.4, 0.5) is 14.6 Å². The van der Waals surface area contributed by atoms with Crippen LogP contribution in [0.25, 0.3) is 22.2 Å². The van der Waals surface area contributed by atoms with Crippen molar-refractivity contribution >= 4 is 77.4 Å². The standard InChI is InChI=1S/C43H57F2N9O14P2SSi2/c1-23(2)72(59,24(3)4)68-73(25(5)6,26(7)8)67-35-30-18-61-69(57,58)65-34-29(63-42(32(34)45)54-22-51-33-37(47-20-49-39(33)54)52-40(55)27-13-10-9-11-14-27)19-62-70(71,60-16-12-15-46)66-36(35)43(64-30)53-17-28(44)31-38(53)48-21-50-41(31)56/h9-11,13-14,17,20-26,29-30,32,34-36,42-43,59H,12,16,18-19H2,1-8H3,(H,57,58)(H,48,50,56)(H,47,49,52,55)/t29-,30-,32-,34-,35-,36-,42?,43-,70?/m1/s1. The highest BCUT2D eigenvalue weighted by molar-refractivity contribution is 8.07. The van der Waals surface area contributed by atoms with Gasteiger partial charge in [0.05, 0.1) is 45.0 Å². The van der Waals surface area contributed by atoms with Crippen LogP contribution >= 0.6 is 14.5 Å². The summed E-state index contributed by atoms with van der Waals surface area (Å²) in [7, 11) is -12.9. The van der Waals surface area contributed by atoms with Gasteiger partial charge in [-0.3, -0.25) is 27.7 Å². The molecular formula is C43H57F2N9O14P2SSi2. The molecule has 3 saturated heterocycles. The third-order valence-electron chi connectivity index (χ3n) is 13.0. The molecule has 1 amide bonds. The van der Waals surface area contributed by atoms with Gasteiger partial charge >= 0.3 is 31.7 Å². The maximum Gasteiger partial charge on any atom is 0.472 e. The third-order valence-corrected chi connectivity index (χ3v) is 26.1. The second-order valence-corrected chi connectivity index (χ2v) is 31.9. The molecule has 1 aromatic carbocycles. The average Bonchev–Trinajstić information content (AvgIpc) is 4.09. The highest BCUT2D eigenvalue weighted by Gasteiger charge is 2.61. The molecule has 0 aliphatic carbocycles. The van der Waals surface area contributed by atoms with Crippen LogP contribution < -0.4 is 10.9 Å². The first-order valence-electron chi connectivity index (χ1n) is 23.5. The number of hydrogen-bond donors (Lipinski definition) is 4. The number of rotatable bonds is 15. The summed E-state index contributed by atoms with van der Waals surface area (Å²) < 4.78 is 107. The van der Waals surface area contributed by atoms with Gasteiger partial charge in [-0.05, 0) is 46.1 Å². The summed E-state index contributed by atoms with van der Waals surface area (Å²) in [6.07, 6.45) is -9.36. The Balaban J connectivity index is 1.21. The van der Waals surface area contributed by atoms with Gasteiger partial charge < -0.3 is 51.6 Å². The predicted octanol–water partition coefficient (Wildman–Crippen LogP) is 7.08. The molecule has 8 rings (SSSR count). The van der Waals surface area contributed by atoms with Gasteiger partial charge in [0.2, 0.25) is 0 Å². The number of ether oxygens (including phenoxy) is 2. The normalized spacial score (nSPS) is 28.4. The quantitative estimate of drug-likeness (QED) is 0.0462.